The zero-order valence-electron chi connectivity index (χ0n) is 14.7. The lowest BCUT2D eigenvalue weighted by Crippen LogP contribution is -2.32. The van der Waals surface area contributed by atoms with Gasteiger partial charge >= 0.3 is 0 Å². The first-order valence-electron chi connectivity index (χ1n) is 8.80. The maximum absolute atomic E-state index is 12.7. The Balaban J connectivity index is 1.64. The zero-order chi connectivity index (χ0) is 17.4. The fraction of sp³-hybridized carbons (Fsp3) is 0.421. The third kappa shape index (κ3) is 2.87. The van der Waals surface area contributed by atoms with Gasteiger partial charge in [0.05, 0.1) is 23.3 Å². The van der Waals surface area contributed by atoms with E-state index in [4.69, 9.17) is 4.98 Å². The van der Waals surface area contributed by atoms with Crippen LogP contribution >= 0.6 is 0 Å². The van der Waals surface area contributed by atoms with Crippen molar-refractivity contribution < 1.29 is 0 Å². The Hall–Kier alpha value is -2.47. The highest BCUT2D eigenvalue weighted by Gasteiger charge is 2.29. The third-order valence-electron chi connectivity index (χ3n) is 5.25. The van der Waals surface area contributed by atoms with Crippen molar-refractivity contribution in [1.29, 1.82) is 0 Å². The van der Waals surface area contributed by atoms with Gasteiger partial charge in [-0.2, -0.15) is 0 Å². The van der Waals surface area contributed by atoms with Crippen LogP contribution in [-0.4, -0.2) is 37.1 Å². The predicted molar refractivity (Wildman–Crippen MR) is 97.4 cm³/mol. The molecule has 130 valence electrons. The highest BCUT2D eigenvalue weighted by Crippen LogP contribution is 2.30. The van der Waals surface area contributed by atoms with Crippen LogP contribution in [0.3, 0.4) is 0 Å². The van der Waals surface area contributed by atoms with Gasteiger partial charge < -0.3 is 4.57 Å². The molecular weight excluding hydrogens is 314 g/mol. The topological polar surface area (TPSA) is 56.0 Å². The summed E-state index contributed by atoms with van der Waals surface area (Å²) in [6, 6.07) is 7.81. The van der Waals surface area contributed by atoms with Crippen molar-refractivity contribution in [3.63, 3.8) is 0 Å². The van der Waals surface area contributed by atoms with Crippen LogP contribution in [0.2, 0.25) is 0 Å². The number of imidazole rings is 1. The lowest BCUT2D eigenvalue weighted by molar-refractivity contribution is 0.245. The van der Waals surface area contributed by atoms with Crippen molar-refractivity contribution in [2.45, 2.75) is 25.3 Å². The molecule has 2 aromatic heterocycles. The summed E-state index contributed by atoms with van der Waals surface area (Å²) in [6.07, 6.45) is 6.90. The molecule has 0 N–H and O–H groups in total. The van der Waals surface area contributed by atoms with Gasteiger partial charge in [0.15, 0.2) is 0 Å². The minimum Gasteiger partial charge on any atom is -0.338 e. The first-order valence-corrected chi connectivity index (χ1v) is 8.80. The Morgan fingerprint density at radius 3 is 2.88 bits per heavy atom. The largest absolute Gasteiger partial charge is 0.338 e. The number of aromatic nitrogens is 4. The number of hydrogen-bond acceptors (Lipinski definition) is 4. The number of rotatable bonds is 4. The number of benzene rings is 1. The van der Waals surface area contributed by atoms with Crippen LogP contribution in [0.5, 0.6) is 0 Å². The van der Waals surface area contributed by atoms with E-state index < -0.39 is 0 Å². The number of nitrogens with zero attached hydrogens (tertiary/aromatic N) is 5. The standard InChI is InChI=1S/C19H23N5O/c1-22-13-20-12-14(22)9-11-24-10-5-8-17(24)18-21-16-7-4-3-6-15(16)19(25)23(18)2/h3-4,6-7,12-13,17H,5,8-11H2,1-2H3. The van der Waals surface area contributed by atoms with E-state index in [-0.39, 0.29) is 11.6 Å². The first kappa shape index (κ1) is 16.0. The van der Waals surface area contributed by atoms with E-state index in [0.717, 1.165) is 43.7 Å². The van der Waals surface area contributed by atoms with Gasteiger partial charge in [0.25, 0.3) is 5.56 Å². The van der Waals surface area contributed by atoms with Crippen LogP contribution in [-0.2, 0) is 20.5 Å². The minimum absolute atomic E-state index is 0.0408. The average Bonchev–Trinajstić information content (AvgIpc) is 3.25. The van der Waals surface area contributed by atoms with Gasteiger partial charge in [-0.1, -0.05) is 12.1 Å². The van der Waals surface area contributed by atoms with E-state index >= 15 is 0 Å². The number of hydrogen-bond donors (Lipinski definition) is 0. The molecule has 1 aromatic carbocycles. The Kier molecular flexibility index (Phi) is 4.13. The second kappa shape index (κ2) is 6.44. The van der Waals surface area contributed by atoms with Gasteiger partial charge in [-0.05, 0) is 31.5 Å². The molecule has 0 saturated carbocycles. The molecule has 1 saturated heterocycles. The summed E-state index contributed by atoms with van der Waals surface area (Å²) in [7, 11) is 3.87. The van der Waals surface area contributed by atoms with Gasteiger partial charge in [0.1, 0.15) is 5.82 Å². The van der Waals surface area contributed by atoms with Crippen LogP contribution in [0.1, 0.15) is 30.4 Å². The molecule has 6 nitrogen and oxygen atoms in total. The van der Waals surface area contributed by atoms with Crippen molar-refractivity contribution in [2.75, 3.05) is 13.1 Å². The second-order valence-electron chi connectivity index (χ2n) is 6.79. The van der Waals surface area contributed by atoms with Crippen LogP contribution in [0.15, 0.2) is 41.6 Å². The number of para-hydroxylation sites is 1. The van der Waals surface area contributed by atoms with Crippen molar-refractivity contribution in [3.05, 3.63) is 58.7 Å². The molecule has 0 spiro atoms. The van der Waals surface area contributed by atoms with E-state index in [1.807, 2.05) is 50.9 Å². The van der Waals surface area contributed by atoms with Gasteiger partial charge in [-0.25, -0.2) is 9.97 Å². The summed E-state index contributed by atoms with van der Waals surface area (Å²) in [5.74, 6) is 0.881. The van der Waals surface area contributed by atoms with Gasteiger partial charge in [0, 0.05) is 39.0 Å². The molecule has 4 rings (SSSR count). The quantitative estimate of drug-likeness (QED) is 0.731. The van der Waals surface area contributed by atoms with E-state index in [1.165, 1.54) is 5.69 Å². The lowest BCUT2D eigenvalue weighted by atomic mass is 10.1. The SMILES string of the molecule is Cn1cncc1CCN1CCCC1c1nc2ccccc2c(=O)n1C. The van der Waals surface area contributed by atoms with Crippen LogP contribution in [0, 0.1) is 0 Å². The molecule has 0 radical (unpaired) electrons. The van der Waals surface area contributed by atoms with Crippen LogP contribution < -0.4 is 5.56 Å². The summed E-state index contributed by atoms with van der Waals surface area (Å²) in [5, 5.41) is 0.688. The lowest BCUT2D eigenvalue weighted by Gasteiger charge is -2.25. The summed E-state index contributed by atoms with van der Waals surface area (Å²) in [4.78, 5) is 24.2. The predicted octanol–water partition coefficient (Wildman–Crippen LogP) is 2.05. The molecule has 1 atom stereocenters. The molecule has 3 heterocycles. The number of aryl methyl sites for hydroxylation is 1. The molecular formula is C19H23N5O. The second-order valence-corrected chi connectivity index (χ2v) is 6.79. The summed E-state index contributed by atoms with van der Waals surface area (Å²) < 4.78 is 3.80. The van der Waals surface area contributed by atoms with Crippen LogP contribution in [0.25, 0.3) is 10.9 Å². The van der Waals surface area contributed by atoms with Gasteiger partial charge in [0.2, 0.25) is 0 Å². The normalized spacial score (nSPS) is 18.2. The molecule has 0 bridgehead atoms. The Labute approximate surface area is 146 Å². The summed E-state index contributed by atoms with van der Waals surface area (Å²) in [6.45, 7) is 2.00. The third-order valence-corrected chi connectivity index (χ3v) is 5.25. The highest BCUT2D eigenvalue weighted by atomic mass is 16.1. The molecule has 0 aliphatic carbocycles. The van der Waals surface area contributed by atoms with Crippen molar-refractivity contribution >= 4 is 10.9 Å². The average molecular weight is 337 g/mol. The zero-order valence-corrected chi connectivity index (χ0v) is 14.7. The molecule has 1 unspecified atom stereocenters. The van der Waals surface area contributed by atoms with E-state index in [1.54, 1.807) is 4.57 Å². The van der Waals surface area contributed by atoms with Gasteiger partial charge in [-0.15, -0.1) is 0 Å². The monoisotopic (exact) mass is 337 g/mol. The molecule has 1 fully saturated rings. The molecule has 1 aliphatic heterocycles. The fourth-order valence-electron chi connectivity index (χ4n) is 3.80. The van der Waals surface area contributed by atoms with Crippen molar-refractivity contribution in [3.8, 4) is 0 Å². The molecule has 3 aromatic rings. The van der Waals surface area contributed by atoms with Crippen LogP contribution in [0.4, 0.5) is 0 Å². The number of fused-ring (bicyclic) bond motifs is 1. The summed E-state index contributed by atoms with van der Waals surface area (Å²) in [5.41, 5.74) is 2.06. The van der Waals surface area contributed by atoms with Crippen molar-refractivity contribution in [2.24, 2.45) is 14.1 Å². The van der Waals surface area contributed by atoms with E-state index in [2.05, 4.69) is 14.5 Å². The Morgan fingerprint density at radius 2 is 2.08 bits per heavy atom. The Bertz CT molecular complexity index is 958. The van der Waals surface area contributed by atoms with Gasteiger partial charge in [-0.3, -0.25) is 14.3 Å². The number of likely N-dealkylation sites (tertiary alicyclic amines) is 1. The molecule has 25 heavy (non-hydrogen) atoms. The molecule has 0 amide bonds. The summed E-state index contributed by atoms with van der Waals surface area (Å²) >= 11 is 0. The fourth-order valence-corrected chi connectivity index (χ4v) is 3.80. The van der Waals surface area contributed by atoms with E-state index in [9.17, 15) is 4.79 Å². The maximum atomic E-state index is 12.7. The molecule has 6 heteroatoms. The smallest absolute Gasteiger partial charge is 0.261 e. The minimum atomic E-state index is 0.0408. The first-order chi connectivity index (χ1) is 12.1. The van der Waals surface area contributed by atoms with E-state index in [0.29, 0.717) is 5.39 Å². The highest BCUT2D eigenvalue weighted by molar-refractivity contribution is 5.77. The van der Waals surface area contributed by atoms with Crippen molar-refractivity contribution in [1.82, 2.24) is 24.0 Å². The molecule has 1 aliphatic rings. The maximum Gasteiger partial charge on any atom is 0.261 e. The Morgan fingerprint density at radius 1 is 1.24 bits per heavy atom.